The van der Waals surface area contributed by atoms with Crippen molar-refractivity contribution in [1.29, 1.82) is 0 Å². The minimum atomic E-state index is 1.04. The van der Waals surface area contributed by atoms with Crippen molar-refractivity contribution in [1.82, 2.24) is 4.98 Å². The highest BCUT2D eigenvalue weighted by Gasteiger charge is 2.07. The molecule has 0 amide bonds. The molecule has 68 valence electrons. The Morgan fingerprint density at radius 3 is 2.92 bits per heavy atom. The van der Waals surface area contributed by atoms with Crippen molar-refractivity contribution in [3.63, 3.8) is 0 Å². The number of halogens is 1. The molecule has 2 aromatic heterocycles. The smallest absolute Gasteiger partial charge is 0.146 e. The molecular weight excluding hydrogens is 248 g/mol. The molecule has 0 aliphatic heterocycles. The number of rotatable bonds is 1. The Morgan fingerprint density at radius 2 is 2.23 bits per heavy atom. The zero-order valence-electron chi connectivity index (χ0n) is 7.41. The highest BCUT2D eigenvalue weighted by Crippen LogP contribution is 2.33. The minimum Gasteiger partial charge on any atom is -0.362 e. The maximum absolute atomic E-state index is 4.37. The van der Waals surface area contributed by atoms with E-state index in [1.807, 2.05) is 25.2 Å². The van der Waals surface area contributed by atoms with Crippen molar-refractivity contribution in [3.8, 4) is 0 Å². The Bertz CT molecular complexity index is 436. The number of nitrogens with zero attached hydrogens (tertiary/aromatic N) is 2. The van der Waals surface area contributed by atoms with Crippen LogP contribution in [0.1, 0.15) is 0 Å². The lowest BCUT2D eigenvalue weighted by molar-refractivity contribution is 1.08. The van der Waals surface area contributed by atoms with E-state index in [0.29, 0.717) is 0 Å². The summed E-state index contributed by atoms with van der Waals surface area (Å²) in [5.74, 6) is 1.04. The summed E-state index contributed by atoms with van der Waals surface area (Å²) >= 11 is 5.21. The monoisotopic (exact) mass is 256 g/mol. The van der Waals surface area contributed by atoms with Gasteiger partial charge in [0.25, 0.3) is 0 Å². The van der Waals surface area contributed by atoms with E-state index < -0.39 is 0 Å². The van der Waals surface area contributed by atoms with Crippen LogP contribution >= 0.6 is 27.3 Å². The lowest BCUT2D eigenvalue weighted by Crippen LogP contribution is -2.10. The van der Waals surface area contributed by atoms with Gasteiger partial charge in [0.15, 0.2) is 0 Å². The van der Waals surface area contributed by atoms with E-state index in [0.717, 1.165) is 10.3 Å². The van der Waals surface area contributed by atoms with Crippen LogP contribution < -0.4 is 4.90 Å². The Kier molecular flexibility index (Phi) is 2.26. The molecule has 13 heavy (non-hydrogen) atoms. The van der Waals surface area contributed by atoms with Crippen molar-refractivity contribution < 1.29 is 0 Å². The molecule has 0 saturated carbocycles. The topological polar surface area (TPSA) is 16.1 Å². The Balaban J connectivity index is 2.78. The summed E-state index contributed by atoms with van der Waals surface area (Å²) < 4.78 is 2.30. The van der Waals surface area contributed by atoms with Crippen LogP contribution in [0.3, 0.4) is 0 Å². The average Bonchev–Trinajstić information content (AvgIpc) is 2.53. The number of fused-ring (bicyclic) bond motifs is 1. The molecule has 0 spiro atoms. The fraction of sp³-hybridized carbons (Fsp3) is 0.222. The average molecular weight is 257 g/mol. The largest absolute Gasteiger partial charge is 0.362 e. The van der Waals surface area contributed by atoms with Gasteiger partial charge in [-0.15, -0.1) is 11.3 Å². The van der Waals surface area contributed by atoms with Gasteiger partial charge in [-0.05, 0) is 27.4 Å². The number of aromatic nitrogens is 1. The van der Waals surface area contributed by atoms with Crippen molar-refractivity contribution in [2.24, 2.45) is 0 Å². The normalized spacial score (nSPS) is 10.7. The quantitative estimate of drug-likeness (QED) is 0.780. The van der Waals surface area contributed by atoms with Crippen LogP contribution in [0, 0.1) is 0 Å². The summed E-state index contributed by atoms with van der Waals surface area (Å²) in [4.78, 5) is 6.40. The number of thiophene rings is 1. The van der Waals surface area contributed by atoms with E-state index in [4.69, 9.17) is 0 Å². The molecule has 2 rings (SSSR count). The van der Waals surface area contributed by atoms with Gasteiger partial charge < -0.3 is 4.90 Å². The van der Waals surface area contributed by atoms with Crippen molar-refractivity contribution in [2.45, 2.75) is 0 Å². The summed E-state index contributed by atoms with van der Waals surface area (Å²) in [6.45, 7) is 0. The van der Waals surface area contributed by atoms with Gasteiger partial charge in [-0.3, -0.25) is 0 Å². The molecule has 4 heteroatoms. The number of hydrogen-bond donors (Lipinski definition) is 0. The Labute approximate surface area is 89.3 Å². The summed E-state index contributed by atoms with van der Waals surface area (Å²) in [7, 11) is 4.02. The second-order valence-corrected chi connectivity index (χ2v) is 4.76. The molecule has 0 aromatic carbocycles. The van der Waals surface area contributed by atoms with Crippen molar-refractivity contribution in [2.75, 3.05) is 19.0 Å². The van der Waals surface area contributed by atoms with Gasteiger partial charge in [-0.25, -0.2) is 4.98 Å². The predicted molar refractivity (Wildman–Crippen MR) is 61.6 cm³/mol. The van der Waals surface area contributed by atoms with Crippen molar-refractivity contribution in [3.05, 3.63) is 22.1 Å². The lowest BCUT2D eigenvalue weighted by Gasteiger charge is -2.11. The molecule has 0 N–H and O–H groups in total. The fourth-order valence-electron chi connectivity index (χ4n) is 1.24. The summed E-state index contributed by atoms with van der Waals surface area (Å²) in [6, 6.07) is 2.11. The molecular formula is C9H9BrN2S. The van der Waals surface area contributed by atoms with Crippen LogP contribution in [0.2, 0.25) is 0 Å². The third kappa shape index (κ3) is 1.44. The molecule has 0 aliphatic rings. The second kappa shape index (κ2) is 3.27. The van der Waals surface area contributed by atoms with Crippen LogP contribution in [-0.4, -0.2) is 19.1 Å². The van der Waals surface area contributed by atoms with Crippen LogP contribution in [0.15, 0.2) is 22.1 Å². The molecule has 0 fully saturated rings. The Morgan fingerprint density at radius 1 is 1.46 bits per heavy atom. The molecule has 0 unspecified atom stereocenters. The third-order valence-electron chi connectivity index (χ3n) is 1.85. The van der Waals surface area contributed by atoms with Gasteiger partial charge in [0, 0.05) is 30.2 Å². The van der Waals surface area contributed by atoms with Crippen molar-refractivity contribution >= 4 is 43.2 Å². The number of anilines is 1. The van der Waals surface area contributed by atoms with Gasteiger partial charge in [0.1, 0.15) is 5.82 Å². The maximum Gasteiger partial charge on any atom is 0.146 e. The zero-order valence-corrected chi connectivity index (χ0v) is 9.82. The standard InChI is InChI=1S/C9H9BrN2S/c1-12(2)9-8-6(3-4-13-8)7(10)5-11-9/h3-5H,1-2H3. The summed E-state index contributed by atoms with van der Waals surface area (Å²) in [5.41, 5.74) is 0. The molecule has 0 aliphatic carbocycles. The molecule has 0 atom stereocenters. The third-order valence-corrected chi connectivity index (χ3v) is 3.39. The number of hydrogen-bond acceptors (Lipinski definition) is 3. The predicted octanol–water partition coefficient (Wildman–Crippen LogP) is 3.12. The van der Waals surface area contributed by atoms with Crippen LogP contribution in [-0.2, 0) is 0 Å². The van der Waals surface area contributed by atoms with E-state index in [9.17, 15) is 0 Å². The first-order valence-electron chi connectivity index (χ1n) is 3.89. The van der Waals surface area contributed by atoms with E-state index >= 15 is 0 Å². The first kappa shape index (κ1) is 8.97. The summed E-state index contributed by atoms with van der Waals surface area (Å²) in [6.07, 6.45) is 1.85. The van der Waals surface area contributed by atoms with E-state index in [2.05, 4.69) is 32.4 Å². The van der Waals surface area contributed by atoms with Gasteiger partial charge in [0.05, 0.1) is 4.70 Å². The fourth-order valence-corrected chi connectivity index (χ4v) is 2.78. The number of pyridine rings is 1. The first-order chi connectivity index (χ1) is 6.20. The van der Waals surface area contributed by atoms with Crippen LogP contribution in [0.25, 0.3) is 10.1 Å². The van der Waals surface area contributed by atoms with Crippen LogP contribution in [0.5, 0.6) is 0 Å². The molecule has 0 bridgehead atoms. The van der Waals surface area contributed by atoms with E-state index in [1.165, 1.54) is 10.1 Å². The Hall–Kier alpha value is -0.610. The lowest BCUT2D eigenvalue weighted by atomic mass is 10.3. The molecule has 2 aromatic rings. The summed E-state index contributed by atoms with van der Waals surface area (Å²) in [5, 5.41) is 3.33. The van der Waals surface area contributed by atoms with Gasteiger partial charge in [-0.1, -0.05) is 0 Å². The van der Waals surface area contributed by atoms with Crippen LogP contribution in [0.4, 0.5) is 5.82 Å². The highest BCUT2D eigenvalue weighted by atomic mass is 79.9. The zero-order chi connectivity index (χ0) is 9.42. The molecule has 2 nitrogen and oxygen atoms in total. The van der Waals surface area contributed by atoms with Gasteiger partial charge in [-0.2, -0.15) is 0 Å². The van der Waals surface area contributed by atoms with Gasteiger partial charge >= 0.3 is 0 Å². The second-order valence-electron chi connectivity index (χ2n) is 2.99. The molecule has 0 radical (unpaired) electrons. The van der Waals surface area contributed by atoms with E-state index in [1.54, 1.807) is 11.3 Å². The maximum atomic E-state index is 4.37. The molecule has 0 saturated heterocycles. The highest BCUT2D eigenvalue weighted by molar-refractivity contribution is 9.10. The molecule has 2 heterocycles. The minimum absolute atomic E-state index is 1.04. The first-order valence-corrected chi connectivity index (χ1v) is 5.56. The SMILES string of the molecule is CN(C)c1ncc(Br)c2ccsc12. The van der Waals surface area contributed by atoms with E-state index in [-0.39, 0.29) is 0 Å². The van der Waals surface area contributed by atoms with Gasteiger partial charge in [0.2, 0.25) is 0 Å².